The minimum atomic E-state index is -4.15. The van der Waals surface area contributed by atoms with Gasteiger partial charge in [0, 0.05) is 17.1 Å². The van der Waals surface area contributed by atoms with Crippen LogP contribution >= 0.6 is 11.6 Å². The lowest BCUT2D eigenvalue weighted by Crippen LogP contribution is -2.54. The molecular weight excluding hydrogens is 538 g/mol. The van der Waals surface area contributed by atoms with Gasteiger partial charge in [-0.15, -0.1) is 0 Å². The number of halogens is 1. The molecule has 0 aromatic heterocycles. The highest BCUT2D eigenvalue weighted by Crippen LogP contribution is 2.26. The molecule has 10 heteroatoms. The molecule has 2 amide bonds. The fourth-order valence-corrected chi connectivity index (χ4v) is 5.38. The van der Waals surface area contributed by atoms with E-state index in [1.54, 1.807) is 73.7 Å². The van der Waals surface area contributed by atoms with E-state index in [2.05, 4.69) is 5.32 Å². The highest BCUT2D eigenvalue weighted by Gasteiger charge is 2.33. The summed E-state index contributed by atoms with van der Waals surface area (Å²) >= 11 is 6.03. The summed E-state index contributed by atoms with van der Waals surface area (Å²) in [5.41, 5.74) is 0.543. The van der Waals surface area contributed by atoms with Crippen molar-refractivity contribution in [2.75, 3.05) is 18.0 Å². The van der Waals surface area contributed by atoms with Crippen molar-refractivity contribution in [1.82, 2.24) is 10.2 Å². The van der Waals surface area contributed by atoms with Crippen LogP contribution in [0.3, 0.4) is 0 Å². The number of benzene rings is 3. The number of hydrogen-bond donors (Lipinski definition) is 1. The van der Waals surface area contributed by atoms with E-state index >= 15 is 0 Å². The standard InChI is InChI=1S/C29H34ClN3O5S/c1-21(28(35)31-29(2,3)4)32(19-22-11-13-23(30)14-12-22)27(34)20-33(24-9-7-6-8-10-24)39(36,37)26-17-15-25(38-5)16-18-26/h6-18,21H,19-20H2,1-5H3,(H,31,35). The maximum Gasteiger partial charge on any atom is 0.264 e. The zero-order valence-electron chi connectivity index (χ0n) is 22.7. The summed E-state index contributed by atoms with van der Waals surface area (Å²) in [6, 6.07) is 20.4. The Bertz CT molecular complexity index is 1370. The zero-order chi connectivity index (χ0) is 28.8. The van der Waals surface area contributed by atoms with E-state index in [4.69, 9.17) is 16.3 Å². The van der Waals surface area contributed by atoms with Crippen LogP contribution in [0.25, 0.3) is 0 Å². The second-order valence-corrected chi connectivity index (χ2v) is 12.4. The number of carbonyl (C=O) groups is 2. The lowest BCUT2D eigenvalue weighted by atomic mass is 10.1. The minimum absolute atomic E-state index is 0.00253. The molecule has 0 saturated carbocycles. The van der Waals surface area contributed by atoms with Gasteiger partial charge in [0.2, 0.25) is 11.8 Å². The van der Waals surface area contributed by atoms with E-state index in [9.17, 15) is 18.0 Å². The van der Waals surface area contributed by atoms with Gasteiger partial charge < -0.3 is 15.0 Å². The Morgan fingerprint density at radius 2 is 1.54 bits per heavy atom. The van der Waals surface area contributed by atoms with Crippen LogP contribution in [0.4, 0.5) is 5.69 Å². The van der Waals surface area contributed by atoms with E-state index in [0.29, 0.717) is 16.5 Å². The first kappa shape index (κ1) is 30.0. The Morgan fingerprint density at radius 1 is 0.949 bits per heavy atom. The second kappa shape index (κ2) is 12.5. The van der Waals surface area contributed by atoms with Crippen LogP contribution in [0.2, 0.25) is 5.02 Å². The highest BCUT2D eigenvalue weighted by atomic mass is 35.5. The third kappa shape index (κ3) is 7.97. The Balaban J connectivity index is 2.00. The maximum atomic E-state index is 13.9. The first-order chi connectivity index (χ1) is 18.3. The molecule has 0 aliphatic rings. The van der Waals surface area contributed by atoms with Crippen LogP contribution in [-0.2, 0) is 26.2 Å². The maximum absolute atomic E-state index is 13.9. The van der Waals surface area contributed by atoms with E-state index in [0.717, 1.165) is 9.87 Å². The molecule has 8 nitrogen and oxygen atoms in total. The molecule has 0 aliphatic heterocycles. The Labute approximate surface area is 235 Å². The number of hydrogen-bond acceptors (Lipinski definition) is 5. The summed E-state index contributed by atoms with van der Waals surface area (Å²) in [4.78, 5) is 28.4. The molecule has 39 heavy (non-hydrogen) atoms. The summed E-state index contributed by atoms with van der Waals surface area (Å²) in [5.74, 6) is -0.388. The van der Waals surface area contributed by atoms with E-state index in [1.165, 1.54) is 24.1 Å². The van der Waals surface area contributed by atoms with Crippen molar-refractivity contribution in [3.63, 3.8) is 0 Å². The lowest BCUT2D eigenvalue weighted by molar-refractivity contribution is -0.140. The molecule has 1 N–H and O–H groups in total. The highest BCUT2D eigenvalue weighted by molar-refractivity contribution is 7.92. The monoisotopic (exact) mass is 571 g/mol. The van der Waals surface area contributed by atoms with Crippen molar-refractivity contribution in [3.8, 4) is 5.75 Å². The lowest BCUT2D eigenvalue weighted by Gasteiger charge is -2.33. The molecule has 0 fully saturated rings. The van der Waals surface area contributed by atoms with Crippen LogP contribution in [0.5, 0.6) is 5.75 Å². The molecule has 0 bridgehead atoms. The van der Waals surface area contributed by atoms with Crippen LogP contribution in [0, 0.1) is 0 Å². The van der Waals surface area contributed by atoms with Crippen LogP contribution < -0.4 is 14.4 Å². The number of nitrogens with one attached hydrogen (secondary N) is 1. The minimum Gasteiger partial charge on any atom is -0.497 e. The first-order valence-electron chi connectivity index (χ1n) is 12.4. The van der Waals surface area contributed by atoms with E-state index < -0.39 is 34.1 Å². The van der Waals surface area contributed by atoms with Gasteiger partial charge >= 0.3 is 0 Å². The summed E-state index contributed by atoms with van der Waals surface area (Å²) < 4.78 is 33.8. The van der Waals surface area contributed by atoms with Gasteiger partial charge in [-0.05, 0) is 81.8 Å². The van der Waals surface area contributed by atoms with Gasteiger partial charge in [-0.3, -0.25) is 13.9 Å². The summed E-state index contributed by atoms with van der Waals surface area (Å²) in [6.07, 6.45) is 0. The van der Waals surface area contributed by atoms with Gasteiger partial charge in [-0.2, -0.15) is 0 Å². The van der Waals surface area contributed by atoms with Crippen LogP contribution in [0.1, 0.15) is 33.3 Å². The number of amides is 2. The van der Waals surface area contributed by atoms with Crippen LogP contribution in [0.15, 0.2) is 83.8 Å². The van der Waals surface area contributed by atoms with Crippen molar-refractivity contribution in [3.05, 3.63) is 89.4 Å². The largest absolute Gasteiger partial charge is 0.497 e. The topological polar surface area (TPSA) is 96.0 Å². The van der Waals surface area contributed by atoms with Crippen molar-refractivity contribution in [2.24, 2.45) is 0 Å². The molecule has 3 rings (SSSR count). The number of nitrogens with zero attached hydrogens (tertiary/aromatic N) is 2. The van der Waals surface area contributed by atoms with E-state index in [-0.39, 0.29) is 17.3 Å². The quantitative estimate of drug-likeness (QED) is 0.374. The fraction of sp³-hybridized carbons (Fsp3) is 0.310. The van der Waals surface area contributed by atoms with Gasteiger partial charge in [-0.1, -0.05) is 41.9 Å². The smallest absolute Gasteiger partial charge is 0.264 e. The Morgan fingerprint density at radius 3 is 2.08 bits per heavy atom. The number of carbonyl (C=O) groups excluding carboxylic acids is 2. The van der Waals surface area contributed by atoms with Crippen molar-refractivity contribution < 1.29 is 22.7 Å². The fourth-order valence-electron chi connectivity index (χ4n) is 3.84. The van der Waals surface area contributed by atoms with Gasteiger partial charge in [0.15, 0.2) is 0 Å². The SMILES string of the molecule is COc1ccc(S(=O)(=O)N(CC(=O)N(Cc2ccc(Cl)cc2)C(C)C(=O)NC(C)(C)C)c2ccccc2)cc1. The number of anilines is 1. The van der Waals surface area contributed by atoms with Gasteiger partial charge in [0.25, 0.3) is 10.0 Å². The van der Waals surface area contributed by atoms with Gasteiger partial charge in [0.1, 0.15) is 18.3 Å². The zero-order valence-corrected chi connectivity index (χ0v) is 24.3. The molecule has 0 radical (unpaired) electrons. The van der Waals surface area contributed by atoms with E-state index in [1.807, 2.05) is 20.8 Å². The summed E-state index contributed by atoms with van der Waals surface area (Å²) in [7, 11) is -2.66. The molecule has 208 valence electrons. The molecule has 0 heterocycles. The summed E-state index contributed by atoms with van der Waals surface area (Å²) in [5, 5.41) is 3.44. The first-order valence-corrected chi connectivity index (χ1v) is 14.2. The predicted octanol–water partition coefficient (Wildman–Crippen LogP) is 4.88. The molecule has 0 saturated heterocycles. The average Bonchev–Trinajstić information content (AvgIpc) is 2.90. The molecular formula is C29H34ClN3O5S. The third-order valence-electron chi connectivity index (χ3n) is 5.90. The Hall–Kier alpha value is -3.56. The number of sulfonamides is 1. The van der Waals surface area contributed by atoms with Crippen molar-refractivity contribution in [1.29, 1.82) is 0 Å². The summed E-state index contributed by atoms with van der Waals surface area (Å²) in [6.45, 7) is 6.74. The number of ether oxygens (including phenoxy) is 1. The van der Waals surface area contributed by atoms with Crippen molar-refractivity contribution >= 4 is 39.1 Å². The molecule has 1 unspecified atom stereocenters. The number of para-hydroxylation sites is 1. The average molecular weight is 572 g/mol. The molecule has 3 aromatic rings. The number of rotatable bonds is 10. The second-order valence-electron chi connectivity index (χ2n) is 10.1. The van der Waals surface area contributed by atoms with Crippen molar-refractivity contribution in [2.45, 2.75) is 50.7 Å². The van der Waals surface area contributed by atoms with Crippen LogP contribution in [-0.4, -0.2) is 50.4 Å². The normalized spacial score (nSPS) is 12.4. The molecule has 0 spiro atoms. The predicted molar refractivity (Wildman–Crippen MR) is 153 cm³/mol. The Kier molecular flexibility index (Phi) is 9.63. The number of methoxy groups -OCH3 is 1. The third-order valence-corrected chi connectivity index (χ3v) is 7.94. The van der Waals surface area contributed by atoms with Gasteiger partial charge in [-0.25, -0.2) is 8.42 Å². The van der Waals surface area contributed by atoms with Gasteiger partial charge in [0.05, 0.1) is 17.7 Å². The molecule has 1 atom stereocenters. The molecule has 0 aliphatic carbocycles. The molecule has 3 aromatic carbocycles.